The highest BCUT2D eigenvalue weighted by Gasteiger charge is 2.22. The number of hydrogen-bond donors (Lipinski definition) is 1. The Bertz CT molecular complexity index is 1190. The van der Waals surface area contributed by atoms with Crippen LogP contribution >= 0.6 is 0 Å². The van der Waals surface area contributed by atoms with Gasteiger partial charge in [0.1, 0.15) is 11.6 Å². The van der Waals surface area contributed by atoms with E-state index < -0.39 is 0 Å². The van der Waals surface area contributed by atoms with Gasteiger partial charge in [-0.25, -0.2) is 0 Å². The summed E-state index contributed by atoms with van der Waals surface area (Å²) in [6, 6.07) is 16.6. The number of carbonyl (C=O) groups excluding carboxylic acids is 1. The van der Waals surface area contributed by atoms with Gasteiger partial charge in [0.15, 0.2) is 0 Å². The molecule has 3 aromatic rings. The van der Waals surface area contributed by atoms with Crippen molar-refractivity contribution in [3.63, 3.8) is 0 Å². The van der Waals surface area contributed by atoms with Crippen molar-refractivity contribution in [1.29, 1.82) is 0 Å². The van der Waals surface area contributed by atoms with Gasteiger partial charge in [0.25, 0.3) is 0 Å². The van der Waals surface area contributed by atoms with E-state index in [0.29, 0.717) is 6.54 Å². The molecule has 2 aliphatic heterocycles. The average molecular weight is 485 g/mol. The first kappa shape index (κ1) is 24.4. The molecule has 7 nitrogen and oxygen atoms in total. The summed E-state index contributed by atoms with van der Waals surface area (Å²) in [5.74, 6) is 2.14. The zero-order chi connectivity index (χ0) is 24.7. The first-order chi connectivity index (χ1) is 17.7. The fraction of sp³-hybridized carbons (Fsp3) is 0.414. The minimum atomic E-state index is 0.0526. The highest BCUT2D eigenvalue weighted by molar-refractivity contribution is 5.92. The first-order valence-corrected chi connectivity index (χ1v) is 13.2. The topological polar surface area (TPSA) is 66.3 Å². The predicted octanol–water partition coefficient (Wildman–Crippen LogP) is 3.98. The molecule has 0 atom stereocenters. The van der Waals surface area contributed by atoms with Crippen LogP contribution < -0.4 is 5.32 Å². The van der Waals surface area contributed by atoms with Gasteiger partial charge >= 0.3 is 0 Å². The Kier molecular flexibility index (Phi) is 7.88. The third-order valence-electron chi connectivity index (χ3n) is 7.08. The number of carbonyl (C=O) groups is 1. The van der Waals surface area contributed by atoms with Gasteiger partial charge in [-0.15, -0.1) is 10.2 Å². The second-order valence-electron chi connectivity index (χ2n) is 9.75. The number of benzene rings is 2. The molecule has 1 N–H and O–H groups in total. The van der Waals surface area contributed by atoms with Crippen molar-refractivity contribution in [2.45, 2.75) is 39.0 Å². The summed E-state index contributed by atoms with van der Waals surface area (Å²) in [5, 5.41) is 12.0. The summed E-state index contributed by atoms with van der Waals surface area (Å²) in [4.78, 5) is 17.5. The van der Waals surface area contributed by atoms with Crippen molar-refractivity contribution in [2.24, 2.45) is 0 Å². The van der Waals surface area contributed by atoms with Crippen LogP contribution in [0.15, 0.2) is 54.6 Å². The van der Waals surface area contributed by atoms with Crippen LogP contribution in [0.5, 0.6) is 0 Å². The Hall–Kier alpha value is -3.29. The second-order valence-corrected chi connectivity index (χ2v) is 9.75. The van der Waals surface area contributed by atoms with Crippen molar-refractivity contribution in [3.05, 3.63) is 77.4 Å². The van der Waals surface area contributed by atoms with Crippen LogP contribution in [0.2, 0.25) is 0 Å². The normalized spacial score (nSPS) is 16.1. The van der Waals surface area contributed by atoms with E-state index in [1.54, 1.807) is 0 Å². The molecule has 188 valence electrons. The largest absolute Gasteiger partial charge is 0.325 e. The molecule has 2 aromatic carbocycles. The van der Waals surface area contributed by atoms with Gasteiger partial charge in [-0.05, 0) is 42.2 Å². The number of piperazine rings is 1. The highest BCUT2D eigenvalue weighted by Crippen LogP contribution is 2.28. The summed E-state index contributed by atoms with van der Waals surface area (Å²) < 4.78 is 2.22. The minimum Gasteiger partial charge on any atom is -0.325 e. The zero-order valence-corrected chi connectivity index (χ0v) is 21.2. The number of unbranched alkanes of at least 4 members (excludes halogenated alkanes) is 1. The first-order valence-electron chi connectivity index (χ1n) is 13.2. The van der Waals surface area contributed by atoms with Crippen LogP contribution in [0, 0.1) is 0 Å². The van der Waals surface area contributed by atoms with Crippen molar-refractivity contribution >= 4 is 17.7 Å². The summed E-state index contributed by atoms with van der Waals surface area (Å²) in [6.07, 6.45) is 9.40. The number of nitrogens with zero attached hydrogens (tertiary/aromatic N) is 5. The molecular formula is C29H36N6O. The maximum absolute atomic E-state index is 12.8. The van der Waals surface area contributed by atoms with E-state index in [1.165, 1.54) is 11.1 Å². The lowest BCUT2D eigenvalue weighted by Gasteiger charge is -2.33. The van der Waals surface area contributed by atoms with Crippen LogP contribution in [0.25, 0.3) is 11.8 Å². The SMILES string of the molecule is CCCCc1nnc2n1-c1ccc(NC(=O)CN3CCN(C/C=C/c4ccccc4)CC3)cc1CC2. The van der Waals surface area contributed by atoms with Gasteiger partial charge in [0.05, 0.1) is 12.2 Å². The zero-order valence-electron chi connectivity index (χ0n) is 21.2. The predicted molar refractivity (Wildman–Crippen MR) is 144 cm³/mol. The number of aryl methyl sites for hydroxylation is 3. The van der Waals surface area contributed by atoms with Crippen molar-refractivity contribution in [1.82, 2.24) is 24.6 Å². The molecule has 0 spiro atoms. The summed E-state index contributed by atoms with van der Waals surface area (Å²) in [5.41, 5.74) is 4.50. The van der Waals surface area contributed by atoms with Crippen molar-refractivity contribution in [2.75, 3.05) is 44.6 Å². The molecule has 1 amide bonds. The number of nitrogens with one attached hydrogen (secondary N) is 1. The van der Waals surface area contributed by atoms with Gasteiger partial charge in [-0.2, -0.15) is 0 Å². The van der Waals surface area contributed by atoms with Crippen LogP contribution in [0.3, 0.4) is 0 Å². The second kappa shape index (κ2) is 11.6. The van der Waals surface area contributed by atoms with Gasteiger partial charge in [0, 0.05) is 51.3 Å². The smallest absolute Gasteiger partial charge is 0.238 e. The monoisotopic (exact) mass is 484 g/mol. The molecule has 5 rings (SSSR count). The molecule has 36 heavy (non-hydrogen) atoms. The lowest BCUT2D eigenvalue weighted by molar-refractivity contribution is -0.117. The van der Waals surface area contributed by atoms with E-state index in [4.69, 9.17) is 0 Å². The Morgan fingerprint density at radius 3 is 2.61 bits per heavy atom. The molecule has 3 heterocycles. The summed E-state index contributed by atoms with van der Waals surface area (Å²) >= 11 is 0. The Morgan fingerprint density at radius 2 is 1.81 bits per heavy atom. The average Bonchev–Trinajstić information content (AvgIpc) is 3.32. The quantitative estimate of drug-likeness (QED) is 0.498. The van der Waals surface area contributed by atoms with Crippen molar-refractivity contribution in [3.8, 4) is 5.69 Å². The molecule has 0 unspecified atom stereocenters. The summed E-state index contributed by atoms with van der Waals surface area (Å²) in [6.45, 7) is 7.35. The molecular weight excluding hydrogens is 448 g/mol. The number of fused-ring (bicyclic) bond motifs is 3. The summed E-state index contributed by atoms with van der Waals surface area (Å²) in [7, 11) is 0. The van der Waals surface area contributed by atoms with Crippen molar-refractivity contribution < 1.29 is 4.79 Å². The van der Waals surface area contributed by atoms with Gasteiger partial charge in [-0.3, -0.25) is 19.2 Å². The van der Waals surface area contributed by atoms with Gasteiger partial charge in [-0.1, -0.05) is 55.8 Å². The van der Waals surface area contributed by atoms with E-state index in [1.807, 2.05) is 12.1 Å². The Labute approximate surface area is 213 Å². The van der Waals surface area contributed by atoms with Gasteiger partial charge < -0.3 is 5.32 Å². The maximum atomic E-state index is 12.8. The van der Waals surface area contributed by atoms with Gasteiger partial charge in [0.2, 0.25) is 5.91 Å². The molecule has 1 fully saturated rings. The van der Waals surface area contributed by atoms with E-state index in [-0.39, 0.29) is 5.91 Å². The Morgan fingerprint density at radius 1 is 1.00 bits per heavy atom. The van der Waals surface area contributed by atoms with E-state index >= 15 is 0 Å². The fourth-order valence-corrected chi connectivity index (χ4v) is 5.05. The van der Waals surface area contributed by atoms with Crippen LogP contribution in [-0.2, 0) is 24.1 Å². The molecule has 0 bridgehead atoms. The number of rotatable bonds is 9. The molecule has 0 aliphatic carbocycles. The molecule has 7 heteroatoms. The highest BCUT2D eigenvalue weighted by atomic mass is 16.2. The molecule has 0 radical (unpaired) electrons. The standard InChI is InChI=1S/C29H36N6O/c1-2-3-11-27-31-32-28-15-12-24-21-25(13-14-26(24)35(27)28)30-29(36)22-34-19-17-33(18-20-34)16-7-10-23-8-5-4-6-9-23/h4-10,13-14,21H,2-3,11-12,15-20,22H2,1H3,(H,30,36)/b10-7+. The third kappa shape index (κ3) is 5.91. The van der Waals surface area contributed by atoms with Crippen LogP contribution in [-0.4, -0.2) is 69.7 Å². The van der Waals surface area contributed by atoms with E-state index in [9.17, 15) is 4.79 Å². The Balaban J connectivity index is 1.11. The van der Waals surface area contributed by atoms with E-state index in [2.05, 4.69) is 85.4 Å². The van der Waals surface area contributed by atoms with Crippen LogP contribution in [0.1, 0.15) is 42.5 Å². The van der Waals surface area contributed by atoms with Crippen LogP contribution in [0.4, 0.5) is 5.69 Å². The molecule has 0 saturated carbocycles. The molecule has 2 aliphatic rings. The lowest BCUT2D eigenvalue weighted by Crippen LogP contribution is -2.48. The minimum absolute atomic E-state index is 0.0526. The lowest BCUT2D eigenvalue weighted by atomic mass is 10.0. The number of aromatic nitrogens is 3. The number of amides is 1. The number of anilines is 1. The third-order valence-corrected chi connectivity index (χ3v) is 7.08. The molecule has 1 saturated heterocycles. The maximum Gasteiger partial charge on any atom is 0.238 e. The molecule has 1 aromatic heterocycles. The van der Waals surface area contributed by atoms with E-state index in [0.717, 1.165) is 87.9 Å². The fourth-order valence-electron chi connectivity index (χ4n) is 5.05. The number of hydrogen-bond acceptors (Lipinski definition) is 5.